The van der Waals surface area contributed by atoms with Crippen molar-refractivity contribution in [2.24, 2.45) is 0 Å². The van der Waals surface area contributed by atoms with Crippen molar-refractivity contribution in [1.82, 2.24) is 4.98 Å². The molecule has 2 rings (SSSR count). The number of hydrogen-bond donors (Lipinski definition) is 2. The van der Waals surface area contributed by atoms with Gasteiger partial charge in [-0.05, 0) is 31.4 Å². The summed E-state index contributed by atoms with van der Waals surface area (Å²) in [5.74, 6) is 0.648. The van der Waals surface area contributed by atoms with Crippen molar-refractivity contribution < 1.29 is 5.11 Å². The Morgan fingerprint density at radius 1 is 1.60 bits per heavy atom. The van der Waals surface area contributed by atoms with Crippen LogP contribution in [-0.4, -0.2) is 22.2 Å². The van der Waals surface area contributed by atoms with Crippen LogP contribution in [0.5, 0.6) is 0 Å². The molecule has 1 heterocycles. The average molecular weight is 203 g/mol. The van der Waals surface area contributed by atoms with Gasteiger partial charge in [-0.2, -0.15) is 5.26 Å². The molecule has 15 heavy (non-hydrogen) atoms. The molecule has 1 fully saturated rings. The van der Waals surface area contributed by atoms with E-state index in [1.165, 1.54) is 0 Å². The van der Waals surface area contributed by atoms with Crippen LogP contribution in [0.2, 0.25) is 0 Å². The van der Waals surface area contributed by atoms with E-state index in [4.69, 9.17) is 5.26 Å². The Bertz CT molecular complexity index is 393. The molecule has 0 spiro atoms. The Balaban J connectivity index is 1.96. The molecule has 1 aromatic rings. The Morgan fingerprint density at radius 2 is 2.40 bits per heavy atom. The van der Waals surface area contributed by atoms with Gasteiger partial charge in [-0.1, -0.05) is 0 Å². The molecule has 0 aromatic carbocycles. The molecule has 0 amide bonds. The fourth-order valence-corrected chi connectivity index (χ4v) is 1.61. The average Bonchev–Trinajstić information content (AvgIpc) is 2.24. The molecule has 0 aliphatic heterocycles. The number of nitrogens with one attached hydrogen (secondary N) is 1. The number of rotatable bonds is 3. The first kappa shape index (κ1) is 9.94. The Kier molecular flexibility index (Phi) is 2.57. The van der Waals surface area contributed by atoms with Crippen LogP contribution in [0.3, 0.4) is 0 Å². The standard InChI is InChI=1S/C11H13N3O/c12-7-9-2-5-13-10(6-9)14-8-11(15)3-1-4-11/h2,5-6,15H,1,3-4,8H2,(H,13,14). The van der Waals surface area contributed by atoms with Crippen molar-refractivity contribution in [1.29, 1.82) is 5.26 Å². The van der Waals surface area contributed by atoms with Crippen molar-refractivity contribution in [3.63, 3.8) is 0 Å². The summed E-state index contributed by atoms with van der Waals surface area (Å²) in [4.78, 5) is 4.08. The molecule has 1 aromatic heterocycles. The molecule has 78 valence electrons. The maximum atomic E-state index is 9.84. The first-order chi connectivity index (χ1) is 7.22. The van der Waals surface area contributed by atoms with Gasteiger partial charge in [0.2, 0.25) is 0 Å². The third kappa shape index (κ3) is 2.25. The fraction of sp³-hybridized carbons (Fsp3) is 0.455. The molecule has 4 nitrogen and oxygen atoms in total. The first-order valence-electron chi connectivity index (χ1n) is 5.04. The Morgan fingerprint density at radius 3 is 3.00 bits per heavy atom. The summed E-state index contributed by atoms with van der Waals surface area (Å²) in [5.41, 5.74) is 0.0118. The molecule has 0 saturated heterocycles. The van der Waals surface area contributed by atoms with Crippen LogP contribution in [0.25, 0.3) is 0 Å². The number of hydrogen-bond acceptors (Lipinski definition) is 4. The number of nitriles is 1. The molecular formula is C11H13N3O. The molecule has 0 bridgehead atoms. The van der Waals surface area contributed by atoms with Crippen LogP contribution >= 0.6 is 0 Å². The second-order valence-electron chi connectivity index (χ2n) is 3.97. The molecule has 1 aliphatic carbocycles. The van der Waals surface area contributed by atoms with E-state index in [0.29, 0.717) is 17.9 Å². The van der Waals surface area contributed by atoms with E-state index in [2.05, 4.69) is 10.3 Å². The molecule has 0 unspecified atom stereocenters. The van der Waals surface area contributed by atoms with Gasteiger partial charge in [-0.3, -0.25) is 0 Å². The van der Waals surface area contributed by atoms with Gasteiger partial charge in [0.25, 0.3) is 0 Å². The van der Waals surface area contributed by atoms with Crippen molar-refractivity contribution in [2.45, 2.75) is 24.9 Å². The van der Waals surface area contributed by atoms with Crippen LogP contribution in [0.15, 0.2) is 18.3 Å². The van der Waals surface area contributed by atoms with E-state index in [0.717, 1.165) is 19.3 Å². The summed E-state index contributed by atoms with van der Waals surface area (Å²) in [7, 11) is 0. The lowest BCUT2D eigenvalue weighted by Gasteiger charge is -2.36. The van der Waals surface area contributed by atoms with Gasteiger partial charge in [0.05, 0.1) is 17.2 Å². The van der Waals surface area contributed by atoms with Crippen LogP contribution in [-0.2, 0) is 0 Å². The highest BCUT2D eigenvalue weighted by Crippen LogP contribution is 2.31. The van der Waals surface area contributed by atoms with Gasteiger partial charge in [0.1, 0.15) is 5.82 Å². The highest BCUT2D eigenvalue weighted by molar-refractivity contribution is 5.42. The first-order valence-corrected chi connectivity index (χ1v) is 5.04. The summed E-state index contributed by atoms with van der Waals surface area (Å²) in [5, 5.41) is 21.6. The van der Waals surface area contributed by atoms with Crippen molar-refractivity contribution in [2.75, 3.05) is 11.9 Å². The number of pyridine rings is 1. The van der Waals surface area contributed by atoms with E-state index in [9.17, 15) is 5.11 Å². The third-order valence-electron chi connectivity index (χ3n) is 2.77. The molecule has 0 radical (unpaired) electrons. The minimum absolute atomic E-state index is 0.509. The molecule has 2 N–H and O–H groups in total. The summed E-state index contributed by atoms with van der Waals surface area (Å²) in [6, 6.07) is 5.39. The zero-order valence-electron chi connectivity index (χ0n) is 8.40. The summed E-state index contributed by atoms with van der Waals surface area (Å²) in [6.07, 6.45) is 4.37. The van der Waals surface area contributed by atoms with E-state index in [1.807, 2.05) is 6.07 Å². The zero-order chi connectivity index (χ0) is 10.7. The molecule has 1 saturated carbocycles. The minimum Gasteiger partial charge on any atom is -0.388 e. The predicted molar refractivity (Wildman–Crippen MR) is 56.2 cm³/mol. The van der Waals surface area contributed by atoms with E-state index < -0.39 is 5.60 Å². The largest absolute Gasteiger partial charge is 0.388 e. The van der Waals surface area contributed by atoms with E-state index in [-0.39, 0.29) is 0 Å². The molecule has 0 atom stereocenters. The number of aromatic nitrogens is 1. The second kappa shape index (κ2) is 3.87. The van der Waals surface area contributed by atoms with Crippen molar-refractivity contribution in [3.05, 3.63) is 23.9 Å². The Hall–Kier alpha value is -1.60. The fourth-order valence-electron chi connectivity index (χ4n) is 1.61. The molecule has 4 heteroatoms. The third-order valence-corrected chi connectivity index (χ3v) is 2.77. The monoisotopic (exact) mass is 203 g/mol. The van der Waals surface area contributed by atoms with Gasteiger partial charge >= 0.3 is 0 Å². The summed E-state index contributed by atoms with van der Waals surface area (Å²) in [6.45, 7) is 0.509. The zero-order valence-corrected chi connectivity index (χ0v) is 8.40. The quantitative estimate of drug-likeness (QED) is 0.776. The highest BCUT2D eigenvalue weighted by atomic mass is 16.3. The highest BCUT2D eigenvalue weighted by Gasteiger charge is 2.33. The smallest absolute Gasteiger partial charge is 0.127 e. The molecule has 1 aliphatic rings. The van der Waals surface area contributed by atoms with Crippen LogP contribution in [0.4, 0.5) is 5.82 Å². The van der Waals surface area contributed by atoms with Crippen molar-refractivity contribution >= 4 is 5.82 Å². The lowest BCUT2D eigenvalue weighted by molar-refractivity contribution is -0.0202. The van der Waals surface area contributed by atoms with Gasteiger partial charge in [0, 0.05) is 12.7 Å². The maximum absolute atomic E-state index is 9.84. The minimum atomic E-state index is -0.565. The SMILES string of the molecule is N#Cc1ccnc(NCC2(O)CCC2)c1. The summed E-state index contributed by atoms with van der Waals surface area (Å²) < 4.78 is 0. The van der Waals surface area contributed by atoms with Gasteiger partial charge in [-0.15, -0.1) is 0 Å². The normalized spacial score (nSPS) is 17.6. The molecular weight excluding hydrogens is 190 g/mol. The Labute approximate surface area is 88.6 Å². The summed E-state index contributed by atoms with van der Waals surface area (Å²) >= 11 is 0. The van der Waals surface area contributed by atoms with Crippen LogP contribution in [0, 0.1) is 11.3 Å². The van der Waals surface area contributed by atoms with E-state index in [1.54, 1.807) is 18.3 Å². The lowest BCUT2D eigenvalue weighted by Crippen LogP contribution is -2.43. The van der Waals surface area contributed by atoms with Gasteiger partial charge in [0.15, 0.2) is 0 Å². The van der Waals surface area contributed by atoms with E-state index >= 15 is 0 Å². The number of nitrogens with zero attached hydrogens (tertiary/aromatic N) is 2. The predicted octanol–water partition coefficient (Wildman–Crippen LogP) is 1.28. The van der Waals surface area contributed by atoms with Gasteiger partial charge < -0.3 is 10.4 Å². The lowest BCUT2D eigenvalue weighted by atomic mass is 9.80. The topological polar surface area (TPSA) is 68.9 Å². The maximum Gasteiger partial charge on any atom is 0.127 e. The van der Waals surface area contributed by atoms with Gasteiger partial charge in [-0.25, -0.2) is 4.98 Å². The van der Waals surface area contributed by atoms with Crippen molar-refractivity contribution in [3.8, 4) is 6.07 Å². The second-order valence-corrected chi connectivity index (χ2v) is 3.97. The van der Waals surface area contributed by atoms with Crippen LogP contribution < -0.4 is 5.32 Å². The van der Waals surface area contributed by atoms with Crippen LogP contribution in [0.1, 0.15) is 24.8 Å². The number of aliphatic hydroxyl groups is 1. The number of anilines is 1.